The van der Waals surface area contributed by atoms with Gasteiger partial charge in [0.25, 0.3) is 0 Å². The average Bonchev–Trinajstić information content (AvgIpc) is 3.13. The van der Waals surface area contributed by atoms with Gasteiger partial charge in [0.2, 0.25) is 0 Å². The number of nitrogens with zero attached hydrogens (tertiary/aromatic N) is 2. The minimum absolute atomic E-state index is 0.236. The maximum atomic E-state index is 12.3. The van der Waals surface area contributed by atoms with Gasteiger partial charge in [0.15, 0.2) is 0 Å². The molecule has 1 aliphatic rings. The van der Waals surface area contributed by atoms with Crippen LogP contribution in [0.15, 0.2) is 36.4 Å². The number of benzene rings is 1. The van der Waals surface area contributed by atoms with Crippen LogP contribution in [0.25, 0.3) is 11.3 Å². The van der Waals surface area contributed by atoms with Gasteiger partial charge in [-0.05, 0) is 32.8 Å². The molecule has 3 rings (SSSR count). The van der Waals surface area contributed by atoms with Gasteiger partial charge in [-0.3, -0.25) is 5.10 Å². The van der Waals surface area contributed by atoms with Gasteiger partial charge in [-0.25, -0.2) is 4.79 Å². The number of hydrogen-bond donors (Lipinski definition) is 1. The highest BCUT2D eigenvalue weighted by atomic mass is 16.6. The summed E-state index contributed by atoms with van der Waals surface area (Å²) in [5, 5.41) is 7.59. The lowest BCUT2D eigenvalue weighted by molar-refractivity contribution is 0.0287. The Hall–Kier alpha value is -2.30. The molecule has 1 fully saturated rings. The molecule has 1 aromatic heterocycles. The minimum atomic E-state index is -0.465. The highest BCUT2D eigenvalue weighted by Crippen LogP contribution is 2.33. The molecule has 0 saturated carbocycles. The van der Waals surface area contributed by atoms with Crippen molar-refractivity contribution in [1.29, 1.82) is 0 Å². The monoisotopic (exact) mass is 327 g/mol. The van der Waals surface area contributed by atoms with Crippen LogP contribution >= 0.6 is 0 Å². The topological polar surface area (TPSA) is 58.2 Å². The van der Waals surface area contributed by atoms with Crippen molar-refractivity contribution in [2.45, 2.75) is 39.2 Å². The van der Waals surface area contributed by atoms with Gasteiger partial charge in [-0.1, -0.05) is 37.3 Å². The van der Waals surface area contributed by atoms with Crippen LogP contribution in [0.3, 0.4) is 0 Å². The van der Waals surface area contributed by atoms with Crippen LogP contribution in [0.5, 0.6) is 0 Å². The van der Waals surface area contributed by atoms with Crippen LogP contribution in [-0.2, 0) is 4.74 Å². The van der Waals surface area contributed by atoms with E-state index < -0.39 is 5.60 Å². The summed E-state index contributed by atoms with van der Waals surface area (Å²) in [5.41, 5.74) is 2.64. The molecule has 2 atom stereocenters. The highest BCUT2D eigenvalue weighted by molar-refractivity contribution is 5.69. The van der Waals surface area contributed by atoms with E-state index in [4.69, 9.17) is 4.74 Å². The Labute approximate surface area is 143 Å². The molecule has 0 aliphatic carbocycles. The Balaban J connectivity index is 1.72. The molecule has 5 nitrogen and oxygen atoms in total. The fourth-order valence-electron chi connectivity index (χ4n) is 3.13. The number of aromatic amines is 1. The number of likely N-dealkylation sites (tertiary alicyclic amines) is 1. The van der Waals surface area contributed by atoms with Crippen LogP contribution in [-0.4, -0.2) is 39.9 Å². The first-order valence-electron chi connectivity index (χ1n) is 8.42. The Bertz CT molecular complexity index is 703. The average molecular weight is 327 g/mol. The number of H-pyrrole nitrogens is 1. The largest absolute Gasteiger partial charge is 0.444 e. The SMILES string of the molecule is CC1CN(C(=O)OC(C)(C)C)CC1c1cc(-c2ccccc2)n[nH]1. The fourth-order valence-corrected chi connectivity index (χ4v) is 3.13. The van der Waals surface area contributed by atoms with Crippen LogP contribution in [0.2, 0.25) is 0 Å². The predicted octanol–water partition coefficient (Wildman–Crippen LogP) is 4.05. The van der Waals surface area contributed by atoms with Gasteiger partial charge in [0.1, 0.15) is 5.60 Å². The van der Waals surface area contributed by atoms with Gasteiger partial charge in [-0.15, -0.1) is 0 Å². The van der Waals surface area contributed by atoms with E-state index in [2.05, 4.69) is 23.2 Å². The van der Waals surface area contributed by atoms with Crippen molar-refractivity contribution in [2.24, 2.45) is 5.92 Å². The molecular formula is C19H25N3O2. The Morgan fingerprint density at radius 2 is 1.96 bits per heavy atom. The Morgan fingerprint density at radius 3 is 2.62 bits per heavy atom. The second-order valence-electron chi connectivity index (χ2n) is 7.54. The van der Waals surface area contributed by atoms with Gasteiger partial charge in [0, 0.05) is 30.3 Å². The third kappa shape index (κ3) is 3.61. The zero-order chi connectivity index (χ0) is 17.3. The van der Waals surface area contributed by atoms with Crippen LogP contribution in [0.4, 0.5) is 4.79 Å². The first kappa shape index (κ1) is 16.6. The number of carbonyl (C=O) groups is 1. The van der Waals surface area contributed by atoms with Crippen LogP contribution in [0, 0.1) is 5.92 Å². The number of ether oxygens (including phenoxy) is 1. The van der Waals surface area contributed by atoms with Crippen LogP contribution < -0.4 is 0 Å². The number of carbonyl (C=O) groups excluding carboxylic acids is 1. The molecule has 0 bridgehead atoms. The van der Waals surface area contributed by atoms with Gasteiger partial charge in [0.05, 0.1) is 5.69 Å². The van der Waals surface area contributed by atoms with E-state index in [9.17, 15) is 4.79 Å². The lowest BCUT2D eigenvalue weighted by Gasteiger charge is -2.24. The van der Waals surface area contributed by atoms with Gasteiger partial charge < -0.3 is 9.64 Å². The first-order chi connectivity index (χ1) is 11.3. The van der Waals surface area contributed by atoms with E-state index in [-0.39, 0.29) is 12.0 Å². The number of hydrogen-bond acceptors (Lipinski definition) is 3. The Kier molecular flexibility index (Phi) is 4.35. The van der Waals surface area contributed by atoms with E-state index in [0.29, 0.717) is 19.0 Å². The second kappa shape index (κ2) is 6.30. The quantitative estimate of drug-likeness (QED) is 0.905. The molecule has 0 radical (unpaired) electrons. The summed E-state index contributed by atoms with van der Waals surface area (Å²) in [5.74, 6) is 0.615. The number of rotatable bonds is 2. The molecule has 1 aliphatic heterocycles. The maximum absolute atomic E-state index is 12.3. The van der Waals surface area contributed by atoms with E-state index in [0.717, 1.165) is 17.0 Å². The van der Waals surface area contributed by atoms with Crippen molar-refractivity contribution < 1.29 is 9.53 Å². The van der Waals surface area contributed by atoms with E-state index in [1.807, 2.05) is 51.1 Å². The molecule has 1 saturated heterocycles. The zero-order valence-electron chi connectivity index (χ0n) is 14.7. The van der Waals surface area contributed by atoms with Crippen molar-refractivity contribution in [2.75, 3.05) is 13.1 Å². The molecule has 2 unspecified atom stereocenters. The molecule has 1 N–H and O–H groups in total. The minimum Gasteiger partial charge on any atom is -0.444 e. The van der Waals surface area contributed by atoms with Crippen molar-refractivity contribution in [3.63, 3.8) is 0 Å². The predicted molar refractivity (Wildman–Crippen MR) is 93.7 cm³/mol. The molecule has 24 heavy (non-hydrogen) atoms. The summed E-state index contributed by atoms with van der Waals surface area (Å²) in [6.45, 7) is 9.21. The van der Waals surface area contributed by atoms with Crippen molar-refractivity contribution in [3.05, 3.63) is 42.1 Å². The molecule has 1 aromatic carbocycles. The summed E-state index contributed by atoms with van der Waals surface area (Å²) < 4.78 is 5.49. The smallest absolute Gasteiger partial charge is 0.410 e. The third-order valence-electron chi connectivity index (χ3n) is 4.33. The number of amides is 1. The lowest BCUT2D eigenvalue weighted by Crippen LogP contribution is -2.35. The zero-order valence-corrected chi connectivity index (χ0v) is 14.7. The first-order valence-corrected chi connectivity index (χ1v) is 8.42. The summed E-state index contributed by atoms with van der Waals surface area (Å²) in [7, 11) is 0. The van der Waals surface area contributed by atoms with Gasteiger partial charge in [-0.2, -0.15) is 5.10 Å². The Morgan fingerprint density at radius 1 is 1.25 bits per heavy atom. The van der Waals surface area contributed by atoms with E-state index in [1.165, 1.54) is 0 Å². The summed E-state index contributed by atoms with van der Waals surface area (Å²) in [6, 6.07) is 12.2. The summed E-state index contributed by atoms with van der Waals surface area (Å²) in [4.78, 5) is 14.1. The van der Waals surface area contributed by atoms with Gasteiger partial charge >= 0.3 is 6.09 Å². The second-order valence-corrected chi connectivity index (χ2v) is 7.54. The normalized spacial score (nSPS) is 21.1. The van der Waals surface area contributed by atoms with Crippen LogP contribution in [0.1, 0.15) is 39.3 Å². The molecule has 1 amide bonds. The molecule has 2 heterocycles. The van der Waals surface area contributed by atoms with Crippen molar-refractivity contribution in [3.8, 4) is 11.3 Å². The molecule has 128 valence electrons. The highest BCUT2D eigenvalue weighted by Gasteiger charge is 2.36. The van der Waals surface area contributed by atoms with E-state index in [1.54, 1.807) is 4.90 Å². The molecule has 2 aromatic rings. The fraction of sp³-hybridized carbons (Fsp3) is 0.474. The summed E-state index contributed by atoms with van der Waals surface area (Å²) >= 11 is 0. The standard InChI is InChI=1S/C19H25N3O2/c1-13-11-22(18(23)24-19(2,3)4)12-15(13)17-10-16(20-21-17)14-8-6-5-7-9-14/h5-10,13,15H,11-12H2,1-4H3,(H,20,21). The van der Waals surface area contributed by atoms with Crippen molar-refractivity contribution >= 4 is 6.09 Å². The molecule has 5 heteroatoms. The molecule has 0 spiro atoms. The number of aromatic nitrogens is 2. The number of nitrogens with one attached hydrogen (secondary N) is 1. The summed E-state index contributed by atoms with van der Waals surface area (Å²) in [6.07, 6.45) is -0.236. The van der Waals surface area contributed by atoms with E-state index >= 15 is 0 Å². The molecular weight excluding hydrogens is 302 g/mol. The van der Waals surface area contributed by atoms with Crippen molar-refractivity contribution in [1.82, 2.24) is 15.1 Å². The maximum Gasteiger partial charge on any atom is 0.410 e. The lowest BCUT2D eigenvalue weighted by atomic mass is 9.94. The third-order valence-corrected chi connectivity index (χ3v) is 4.33.